The Balaban J connectivity index is 2.43. The summed E-state index contributed by atoms with van der Waals surface area (Å²) in [5, 5.41) is 45.5. The highest BCUT2D eigenvalue weighted by Crippen LogP contribution is 2.19. The van der Waals surface area contributed by atoms with E-state index < -0.39 is 30.7 Å². The van der Waals surface area contributed by atoms with Crippen LogP contribution in [0, 0.1) is 0 Å². The maximum atomic E-state index is 9.44. The minimum atomic E-state index is -1.55. The third-order valence-electron chi connectivity index (χ3n) is 2.20. The molecule has 1 fully saturated rings. The van der Waals surface area contributed by atoms with E-state index in [9.17, 15) is 10.2 Å². The summed E-state index contributed by atoms with van der Waals surface area (Å²) in [6, 6.07) is 0. The summed E-state index contributed by atoms with van der Waals surface area (Å²) in [6.07, 6.45) is -6.82. The van der Waals surface area contributed by atoms with Crippen LogP contribution >= 0.6 is 0 Å². The van der Waals surface area contributed by atoms with Crippen LogP contribution in [0.15, 0.2) is 0 Å². The van der Waals surface area contributed by atoms with Crippen molar-refractivity contribution in [3.63, 3.8) is 0 Å². The highest BCUT2D eigenvalue weighted by molar-refractivity contribution is 4.88. The first-order chi connectivity index (χ1) is 7.07. The first-order valence-electron chi connectivity index (χ1n) is 4.64. The fourth-order valence-electron chi connectivity index (χ4n) is 1.33. The molecule has 7 nitrogen and oxygen atoms in total. The van der Waals surface area contributed by atoms with Crippen molar-refractivity contribution in [2.24, 2.45) is 0 Å². The van der Waals surface area contributed by atoms with E-state index in [-0.39, 0.29) is 19.8 Å². The van der Waals surface area contributed by atoms with Crippen LogP contribution in [0.2, 0.25) is 0 Å². The lowest BCUT2D eigenvalue weighted by molar-refractivity contribution is -0.288. The van der Waals surface area contributed by atoms with Gasteiger partial charge in [-0.3, -0.25) is 0 Å². The topological polar surface area (TPSA) is 120 Å². The predicted octanol–water partition coefficient (Wildman–Crippen LogP) is -3.20. The quantitative estimate of drug-likeness (QED) is 0.319. The van der Waals surface area contributed by atoms with Gasteiger partial charge in [0.25, 0.3) is 0 Å². The van der Waals surface area contributed by atoms with Crippen molar-refractivity contribution in [1.82, 2.24) is 0 Å². The van der Waals surface area contributed by atoms with E-state index in [1.54, 1.807) is 0 Å². The molecule has 5 atom stereocenters. The van der Waals surface area contributed by atoms with Crippen molar-refractivity contribution in [2.45, 2.75) is 30.7 Å². The highest BCUT2D eigenvalue weighted by Gasteiger charge is 2.42. The van der Waals surface area contributed by atoms with Crippen molar-refractivity contribution < 1.29 is 35.0 Å². The Kier molecular flexibility index (Phi) is 4.87. The maximum Gasteiger partial charge on any atom is 0.184 e. The number of aliphatic hydroxyl groups is 5. The van der Waals surface area contributed by atoms with Gasteiger partial charge in [-0.05, 0) is 0 Å². The molecule has 0 radical (unpaired) electrons. The van der Waals surface area contributed by atoms with Gasteiger partial charge in [0.15, 0.2) is 6.29 Å². The average molecular weight is 224 g/mol. The van der Waals surface area contributed by atoms with Gasteiger partial charge < -0.3 is 35.0 Å². The summed E-state index contributed by atoms with van der Waals surface area (Å²) >= 11 is 0. The van der Waals surface area contributed by atoms with Gasteiger partial charge in [-0.15, -0.1) is 0 Å². The molecule has 1 saturated heterocycles. The molecule has 0 aromatic rings. The van der Waals surface area contributed by atoms with E-state index in [0.29, 0.717) is 0 Å². The van der Waals surface area contributed by atoms with Crippen molar-refractivity contribution in [3.05, 3.63) is 0 Å². The molecule has 15 heavy (non-hydrogen) atoms. The number of hydrogen-bond donors (Lipinski definition) is 5. The molecule has 0 aliphatic carbocycles. The van der Waals surface area contributed by atoms with Crippen LogP contribution in [0.25, 0.3) is 0 Å². The van der Waals surface area contributed by atoms with Crippen molar-refractivity contribution in [2.75, 3.05) is 19.8 Å². The monoisotopic (exact) mass is 224 g/mol. The first kappa shape index (κ1) is 12.8. The molecular weight excluding hydrogens is 208 g/mol. The molecule has 7 heteroatoms. The van der Waals surface area contributed by atoms with Gasteiger partial charge in [0.1, 0.15) is 24.4 Å². The van der Waals surface area contributed by atoms with Gasteiger partial charge in [0, 0.05) is 0 Å². The maximum absolute atomic E-state index is 9.44. The van der Waals surface area contributed by atoms with E-state index in [0.717, 1.165) is 0 Å². The van der Waals surface area contributed by atoms with Crippen LogP contribution in [-0.2, 0) is 9.47 Å². The Morgan fingerprint density at radius 1 is 1.00 bits per heavy atom. The summed E-state index contributed by atoms with van der Waals surface area (Å²) < 4.78 is 9.70. The predicted molar refractivity (Wildman–Crippen MR) is 46.8 cm³/mol. The Hall–Kier alpha value is -0.280. The van der Waals surface area contributed by atoms with Gasteiger partial charge in [-0.25, -0.2) is 0 Å². The van der Waals surface area contributed by atoms with Gasteiger partial charge in [0.2, 0.25) is 0 Å². The Labute approximate surface area is 86.5 Å². The molecular formula is C8H16O7. The van der Waals surface area contributed by atoms with Crippen LogP contribution in [0.5, 0.6) is 0 Å². The van der Waals surface area contributed by atoms with Gasteiger partial charge >= 0.3 is 0 Å². The number of hydrogen-bond acceptors (Lipinski definition) is 7. The lowest BCUT2D eigenvalue weighted by atomic mass is 9.99. The van der Waals surface area contributed by atoms with Crippen LogP contribution in [0.3, 0.4) is 0 Å². The lowest BCUT2D eigenvalue weighted by Crippen LogP contribution is -2.58. The van der Waals surface area contributed by atoms with E-state index in [1.807, 2.05) is 0 Å². The van der Waals surface area contributed by atoms with Gasteiger partial charge in [-0.1, -0.05) is 0 Å². The molecule has 0 aromatic carbocycles. The summed E-state index contributed by atoms with van der Waals surface area (Å²) in [5.74, 6) is 0. The molecule has 1 rings (SSSR count). The molecule has 1 aliphatic rings. The molecule has 0 unspecified atom stereocenters. The summed E-state index contributed by atoms with van der Waals surface area (Å²) in [5.41, 5.74) is 0. The molecule has 1 aliphatic heterocycles. The van der Waals surface area contributed by atoms with Crippen LogP contribution in [0.4, 0.5) is 0 Å². The molecule has 90 valence electrons. The minimum absolute atomic E-state index is 0.0708. The molecule has 0 bridgehead atoms. The Morgan fingerprint density at radius 3 is 2.27 bits per heavy atom. The lowest BCUT2D eigenvalue weighted by Gasteiger charge is -2.38. The molecule has 0 amide bonds. The normalized spacial score (nSPS) is 41.8. The van der Waals surface area contributed by atoms with Crippen LogP contribution in [0.1, 0.15) is 0 Å². The van der Waals surface area contributed by atoms with Crippen molar-refractivity contribution in [1.29, 1.82) is 0 Å². The standard InChI is InChI=1S/C8H16O7/c9-1-2-14-3-4-5(10)6(11)7(12)8(13)15-4/h4-13H,1-3H2/t4-,5+,6+,7-,8+/m1/s1. The van der Waals surface area contributed by atoms with E-state index in [4.69, 9.17) is 24.8 Å². The van der Waals surface area contributed by atoms with E-state index in [2.05, 4.69) is 0 Å². The largest absolute Gasteiger partial charge is 0.394 e. The molecule has 1 heterocycles. The van der Waals surface area contributed by atoms with Crippen molar-refractivity contribution in [3.8, 4) is 0 Å². The molecule has 0 spiro atoms. The van der Waals surface area contributed by atoms with E-state index >= 15 is 0 Å². The zero-order valence-electron chi connectivity index (χ0n) is 8.06. The fraction of sp³-hybridized carbons (Fsp3) is 1.00. The van der Waals surface area contributed by atoms with Crippen molar-refractivity contribution >= 4 is 0 Å². The SMILES string of the molecule is OCCOC[C@H]1O[C@H](O)[C@H](O)[C@@H](O)[C@H]1O. The number of aliphatic hydroxyl groups excluding tert-OH is 5. The average Bonchev–Trinajstić information content (AvgIpc) is 2.23. The second-order valence-corrected chi connectivity index (χ2v) is 3.34. The zero-order chi connectivity index (χ0) is 11.4. The molecule has 0 saturated carbocycles. The van der Waals surface area contributed by atoms with E-state index in [1.165, 1.54) is 0 Å². The third kappa shape index (κ3) is 3.08. The van der Waals surface area contributed by atoms with Crippen LogP contribution < -0.4 is 0 Å². The van der Waals surface area contributed by atoms with Gasteiger partial charge in [0.05, 0.1) is 19.8 Å². The number of rotatable bonds is 4. The molecule has 5 N–H and O–H groups in total. The smallest absolute Gasteiger partial charge is 0.184 e. The van der Waals surface area contributed by atoms with Crippen LogP contribution in [-0.4, -0.2) is 76.1 Å². The third-order valence-corrected chi connectivity index (χ3v) is 2.20. The fourth-order valence-corrected chi connectivity index (χ4v) is 1.33. The Bertz CT molecular complexity index is 188. The number of ether oxygens (including phenoxy) is 2. The highest BCUT2D eigenvalue weighted by atomic mass is 16.6. The second kappa shape index (κ2) is 5.71. The zero-order valence-corrected chi connectivity index (χ0v) is 8.06. The Morgan fingerprint density at radius 2 is 1.67 bits per heavy atom. The van der Waals surface area contributed by atoms with Gasteiger partial charge in [-0.2, -0.15) is 0 Å². The molecule has 0 aromatic heterocycles. The second-order valence-electron chi connectivity index (χ2n) is 3.34. The minimum Gasteiger partial charge on any atom is -0.394 e. The summed E-state index contributed by atoms with van der Waals surface area (Å²) in [4.78, 5) is 0. The first-order valence-corrected chi connectivity index (χ1v) is 4.64. The summed E-state index contributed by atoms with van der Waals surface area (Å²) in [7, 11) is 0. The summed E-state index contributed by atoms with van der Waals surface area (Å²) in [6.45, 7) is -0.180.